The Morgan fingerprint density at radius 3 is 2.44 bits per heavy atom. The van der Waals surface area contributed by atoms with Gasteiger partial charge >= 0.3 is 0 Å². The second kappa shape index (κ2) is 7.10. The molecule has 1 atom stereocenters. The van der Waals surface area contributed by atoms with Crippen molar-refractivity contribution >= 4 is 5.91 Å². The lowest BCUT2D eigenvalue weighted by atomic mass is 10.2. The number of nitrogens with one attached hydrogen (secondary N) is 1. The molecule has 1 heterocycles. The molecular weight excluding hydrogens is 226 g/mol. The molecule has 1 fully saturated rings. The first kappa shape index (κ1) is 15.4. The topological polar surface area (TPSA) is 35.6 Å². The molecule has 4 nitrogen and oxygen atoms in total. The minimum Gasteiger partial charge on any atom is -0.325 e. The van der Waals surface area contributed by atoms with Crippen molar-refractivity contribution in [3.8, 4) is 0 Å². The van der Waals surface area contributed by atoms with Crippen molar-refractivity contribution in [1.29, 1.82) is 0 Å². The molecule has 1 saturated heterocycles. The van der Waals surface area contributed by atoms with E-state index >= 15 is 0 Å². The molecule has 1 unspecified atom stereocenters. The van der Waals surface area contributed by atoms with E-state index in [9.17, 15) is 4.79 Å². The van der Waals surface area contributed by atoms with Gasteiger partial charge < -0.3 is 4.90 Å². The Bertz CT molecular complexity index is 258. The molecular formula is C14H29N3O. The van der Waals surface area contributed by atoms with Crippen LogP contribution in [0.5, 0.6) is 0 Å². The van der Waals surface area contributed by atoms with Crippen LogP contribution in [0.25, 0.3) is 0 Å². The smallest absolute Gasteiger partial charge is 0.237 e. The van der Waals surface area contributed by atoms with E-state index in [-0.39, 0.29) is 12.1 Å². The lowest BCUT2D eigenvalue weighted by Crippen LogP contribution is -2.46. The molecule has 0 aromatic carbocycles. The van der Waals surface area contributed by atoms with Gasteiger partial charge in [0.25, 0.3) is 0 Å². The van der Waals surface area contributed by atoms with E-state index in [0.717, 1.165) is 25.9 Å². The summed E-state index contributed by atoms with van der Waals surface area (Å²) in [6.45, 7) is 13.3. The van der Waals surface area contributed by atoms with Gasteiger partial charge in [-0.05, 0) is 34.1 Å². The maximum atomic E-state index is 11.9. The van der Waals surface area contributed by atoms with Crippen LogP contribution in [0.2, 0.25) is 0 Å². The van der Waals surface area contributed by atoms with E-state index < -0.39 is 0 Å². The van der Waals surface area contributed by atoms with Gasteiger partial charge in [-0.25, -0.2) is 0 Å². The first-order valence-corrected chi connectivity index (χ1v) is 7.26. The number of amides is 1. The molecule has 0 radical (unpaired) electrons. The fraction of sp³-hybridized carbons (Fsp3) is 0.929. The van der Waals surface area contributed by atoms with E-state index in [4.69, 9.17) is 0 Å². The summed E-state index contributed by atoms with van der Waals surface area (Å²) in [5, 5.41) is 3.30. The molecule has 0 spiro atoms. The average Bonchev–Trinajstić information content (AvgIpc) is 2.61. The van der Waals surface area contributed by atoms with Gasteiger partial charge in [0.15, 0.2) is 0 Å². The lowest BCUT2D eigenvalue weighted by molar-refractivity contribution is -0.128. The molecule has 1 rings (SSSR count). The molecule has 4 heteroatoms. The van der Waals surface area contributed by atoms with Crippen molar-refractivity contribution < 1.29 is 4.79 Å². The quantitative estimate of drug-likeness (QED) is 0.751. The second-order valence-corrected chi connectivity index (χ2v) is 5.70. The maximum Gasteiger partial charge on any atom is 0.237 e. The van der Waals surface area contributed by atoms with Crippen molar-refractivity contribution in [2.75, 3.05) is 19.6 Å². The minimum atomic E-state index is 0.251. The Kier molecular flexibility index (Phi) is 6.09. The highest BCUT2D eigenvalue weighted by molar-refractivity contribution is 5.80. The van der Waals surface area contributed by atoms with Gasteiger partial charge in [-0.15, -0.1) is 0 Å². The van der Waals surface area contributed by atoms with Crippen LogP contribution < -0.4 is 5.32 Å². The van der Waals surface area contributed by atoms with Gasteiger partial charge in [0.1, 0.15) is 0 Å². The van der Waals surface area contributed by atoms with Gasteiger partial charge in [0, 0.05) is 25.2 Å². The molecule has 1 aliphatic rings. The normalized spacial score (nSPS) is 20.8. The van der Waals surface area contributed by atoms with E-state index in [1.165, 1.54) is 0 Å². The van der Waals surface area contributed by atoms with Crippen LogP contribution in [0.1, 0.15) is 47.5 Å². The van der Waals surface area contributed by atoms with Crippen LogP contribution in [-0.4, -0.2) is 53.6 Å². The van der Waals surface area contributed by atoms with E-state index in [1.807, 2.05) is 4.90 Å². The summed E-state index contributed by atoms with van der Waals surface area (Å²) < 4.78 is 0. The number of rotatable bonds is 7. The Morgan fingerprint density at radius 1 is 1.33 bits per heavy atom. The van der Waals surface area contributed by atoms with Crippen LogP contribution >= 0.6 is 0 Å². The zero-order valence-corrected chi connectivity index (χ0v) is 12.6. The summed E-state index contributed by atoms with van der Waals surface area (Å²) >= 11 is 0. The molecule has 0 aromatic heterocycles. The fourth-order valence-electron chi connectivity index (χ4n) is 2.74. The fourth-order valence-corrected chi connectivity index (χ4v) is 2.74. The predicted octanol–water partition coefficient (Wildman–Crippen LogP) is 1.66. The van der Waals surface area contributed by atoms with Crippen molar-refractivity contribution in [1.82, 2.24) is 15.1 Å². The Morgan fingerprint density at radius 2 is 1.94 bits per heavy atom. The zero-order valence-electron chi connectivity index (χ0n) is 12.6. The summed E-state index contributed by atoms with van der Waals surface area (Å²) in [5.74, 6) is 0.251. The van der Waals surface area contributed by atoms with Crippen LogP contribution in [0.15, 0.2) is 0 Å². The second-order valence-electron chi connectivity index (χ2n) is 5.70. The largest absolute Gasteiger partial charge is 0.325 e. The van der Waals surface area contributed by atoms with Gasteiger partial charge in [-0.1, -0.05) is 13.3 Å². The highest BCUT2D eigenvalue weighted by Crippen LogP contribution is 2.12. The first-order valence-electron chi connectivity index (χ1n) is 7.26. The highest BCUT2D eigenvalue weighted by atomic mass is 16.2. The highest BCUT2D eigenvalue weighted by Gasteiger charge is 2.29. The van der Waals surface area contributed by atoms with E-state index in [2.05, 4.69) is 44.8 Å². The standard InChI is InChI=1S/C14H29N3O/c1-6-7-13-15-10-14(18)17(13)9-8-16(11(2)3)12(4)5/h11-13,15H,6-10H2,1-5H3. The van der Waals surface area contributed by atoms with E-state index in [1.54, 1.807) is 0 Å². The van der Waals surface area contributed by atoms with Gasteiger partial charge in [-0.3, -0.25) is 15.0 Å². The van der Waals surface area contributed by atoms with Crippen molar-refractivity contribution in [2.45, 2.75) is 65.7 Å². The molecule has 1 N–H and O–H groups in total. The number of nitrogens with zero attached hydrogens (tertiary/aromatic N) is 2. The molecule has 0 saturated carbocycles. The summed E-state index contributed by atoms with van der Waals surface area (Å²) in [7, 11) is 0. The number of hydrogen-bond acceptors (Lipinski definition) is 3. The number of carbonyl (C=O) groups is 1. The summed E-state index contributed by atoms with van der Waals surface area (Å²) in [6.07, 6.45) is 2.41. The summed E-state index contributed by atoms with van der Waals surface area (Å²) in [5.41, 5.74) is 0. The molecule has 0 bridgehead atoms. The van der Waals surface area contributed by atoms with Crippen molar-refractivity contribution in [2.24, 2.45) is 0 Å². The Labute approximate surface area is 112 Å². The third-order valence-electron chi connectivity index (χ3n) is 3.67. The Hall–Kier alpha value is -0.610. The molecule has 18 heavy (non-hydrogen) atoms. The third kappa shape index (κ3) is 3.95. The number of hydrogen-bond donors (Lipinski definition) is 1. The zero-order chi connectivity index (χ0) is 13.7. The third-order valence-corrected chi connectivity index (χ3v) is 3.67. The van der Waals surface area contributed by atoms with Crippen molar-refractivity contribution in [3.63, 3.8) is 0 Å². The average molecular weight is 255 g/mol. The van der Waals surface area contributed by atoms with E-state index in [0.29, 0.717) is 18.6 Å². The number of carbonyl (C=O) groups excluding carboxylic acids is 1. The molecule has 1 aliphatic heterocycles. The summed E-state index contributed by atoms with van der Waals surface area (Å²) in [6, 6.07) is 1.06. The van der Waals surface area contributed by atoms with Crippen LogP contribution in [0, 0.1) is 0 Å². The lowest BCUT2D eigenvalue weighted by Gasteiger charge is -2.33. The predicted molar refractivity (Wildman–Crippen MR) is 75.4 cm³/mol. The van der Waals surface area contributed by atoms with Gasteiger partial charge in [-0.2, -0.15) is 0 Å². The van der Waals surface area contributed by atoms with Crippen LogP contribution in [0.3, 0.4) is 0 Å². The van der Waals surface area contributed by atoms with Crippen molar-refractivity contribution in [3.05, 3.63) is 0 Å². The molecule has 1 amide bonds. The monoisotopic (exact) mass is 255 g/mol. The van der Waals surface area contributed by atoms with Crippen LogP contribution in [-0.2, 0) is 4.79 Å². The Balaban J connectivity index is 2.51. The summed E-state index contributed by atoms with van der Waals surface area (Å²) in [4.78, 5) is 16.3. The molecule has 0 aliphatic carbocycles. The SMILES string of the molecule is CCCC1NCC(=O)N1CCN(C(C)C)C(C)C. The molecule has 106 valence electrons. The minimum absolute atomic E-state index is 0.251. The van der Waals surface area contributed by atoms with Gasteiger partial charge in [0.05, 0.1) is 12.7 Å². The molecule has 0 aromatic rings. The van der Waals surface area contributed by atoms with Gasteiger partial charge in [0.2, 0.25) is 5.91 Å². The van der Waals surface area contributed by atoms with Crippen LogP contribution in [0.4, 0.5) is 0 Å². The first-order chi connectivity index (χ1) is 8.47. The maximum absolute atomic E-state index is 11.9.